The molecule has 2 saturated heterocycles. The minimum absolute atomic E-state index is 0.0382. The summed E-state index contributed by atoms with van der Waals surface area (Å²) in [5.41, 5.74) is -0.119. The molecule has 150 valence electrons. The van der Waals surface area contributed by atoms with Crippen molar-refractivity contribution >= 4 is 18.7 Å². The lowest BCUT2D eigenvalue weighted by Crippen LogP contribution is -2.68. The summed E-state index contributed by atoms with van der Waals surface area (Å²) in [5.74, 6) is 0. The molecule has 0 radical (unpaired) electrons. The first-order valence-electron chi connectivity index (χ1n) is 10.5. The van der Waals surface area contributed by atoms with Gasteiger partial charge in [-0.2, -0.15) is 0 Å². The van der Waals surface area contributed by atoms with Crippen LogP contribution in [0.5, 0.6) is 0 Å². The van der Waals surface area contributed by atoms with Gasteiger partial charge in [-0.25, -0.2) is 4.39 Å². The summed E-state index contributed by atoms with van der Waals surface area (Å²) in [7, 11) is -2.55. The number of rotatable bonds is 5. The molecule has 0 saturated carbocycles. The van der Waals surface area contributed by atoms with Gasteiger partial charge in [0.05, 0.1) is 6.61 Å². The van der Waals surface area contributed by atoms with E-state index in [-0.39, 0.29) is 10.6 Å². The Labute approximate surface area is 169 Å². The lowest BCUT2D eigenvalue weighted by molar-refractivity contribution is 0.107. The van der Waals surface area contributed by atoms with Crippen LogP contribution in [0.1, 0.15) is 40.0 Å². The average molecular weight is 398 g/mol. The molecular formula is C24H32FNOSi. The lowest BCUT2D eigenvalue weighted by atomic mass is 9.95. The van der Waals surface area contributed by atoms with Gasteiger partial charge in [-0.05, 0) is 34.8 Å². The molecule has 28 heavy (non-hydrogen) atoms. The van der Waals surface area contributed by atoms with Crippen molar-refractivity contribution in [2.24, 2.45) is 0 Å². The fraction of sp³-hybridized carbons (Fsp3) is 0.500. The fourth-order valence-electron chi connectivity index (χ4n) is 5.45. The van der Waals surface area contributed by atoms with Crippen LogP contribution in [0.3, 0.4) is 0 Å². The molecule has 0 spiro atoms. The topological polar surface area (TPSA) is 12.5 Å². The van der Waals surface area contributed by atoms with Gasteiger partial charge in [-0.3, -0.25) is 4.90 Å². The molecule has 2 aromatic carbocycles. The normalized spacial score (nSPS) is 25.8. The van der Waals surface area contributed by atoms with E-state index in [0.717, 1.165) is 19.4 Å². The molecule has 2 aromatic rings. The number of benzene rings is 2. The van der Waals surface area contributed by atoms with Gasteiger partial charge < -0.3 is 4.43 Å². The largest absolute Gasteiger partial charge is 0.406 e. The lowest BCUT2D eigenvalue weighted by Gasteiger charge is -2.45. The summed E-state index contributed by atoms with van der Waals surface area (Å²) in [6.07, 6.45) is 2.09. The maximum Gasteiger partial charge on any atom is 0.261 e. The molecule has 2 aliphatic rings. The molecule has 0 unspecified atom stereocenters. The fourth-order valence-corrected chi connectivity index (χ4v) is 10.1. The van der Waals surface area contributed by atoms with Crippen LogP contribution in [0.2, 0.25) is 5.04 Å². The number of halogens is 1. The molecule has 4 heteroatoms. The Bertz CT molecular complexity index is 752. The monoisotopic (exact) mass is 397 g/mol. The molecule has 2 atom stereocenters. The first-order valence-corrected chi connectivity index (χ1v) is 12.4. The van der Waals surface area contributed by atoms with E-state index < -0.39 is 14.5 Å². The smallest absolute Gasteiger partial charge is 0.261 e. The van der Waals surface area contributed by atoms with Crippen LogP contribution < -0.4 is 10.4 Å². The number of fused-ring (bicyclic) bond motifs is 1. The van der Waals surface area contributed by atoms with Crippen LogP contribution in [-0.4, -0.2) is 44.6 Å². The molecule has 2 aliphatic heterocycles. The van der Waals surface area contributed by atoms with Crippen molar-refractivity contribution in [2.75, 3.05) is 19.7 Å². The van der Waals surface area contributed by atoms with Gasteiger partial charge in [0, 0.05) is 18.5 Å². The van der Waals surface area contributed by atoms with Crippen LogP contribution in [0.4, 0.5) is 4.39 Å². The van der Waals surface area contributed by atoms with Crippen molar-refractivity contribution in [3.63, 3.8) is 0 Å². The molecule has 0 amide bonds. The Balaban J connectivity index is 1.77. The van der Waals surface area contributed by atoms with E-state index in [2.05, 4.69) is 86.3 Å². The van der Waals surface area contributed by atoms with E-state index in [1.807, 2.05) is 0 Å². The zero-order valence-electron chi connectivity index (χ0n) is 17.3. The molecular weight excluding hydrogens is 365 g/mol. The summed E-state index contributed by atoms with van der Waals surface area (Å²) in [5, 5.41) is 2.55. The van der Waals surface area contributed by atoms with Crippen LogP contribution in [0, 0.1) is 0 Å². The number of alkyl halides is 1. The van der Waals surface area contributed by atoms with Crippen LogP contribution >= 0.6 is 0 Å². The van der Waals surface area contributed by atoms with Gasteiger partial charge in [-0.1, -0.05) is 81.4 Å². The molecule has 0 bridgehead atoms. The van der Waals surface area contributed by atoms with Gasteiger partial charge in [0.2, 0.25) is 0 Å². The quantitative estimate of drug-likeness (QED) is 0.703. The summed E-state index contributed by atoms with van der Waals surface area (Å²) < 4.78 is 21.4. The van der Waals surface area contributed by atoms with Crippen molar-refractivity contribution in [3.8, 4) is 0 Å². The van der Waals surface area contributed by atoms with Crippen LogP contribution in [0.25, 0.3) is 0 Å². The standard InChI is InChI=1S/C24H32FNOSi/c1-23(2,3)28(21-11-6-4-7-12-21,22-13-8-5-9-14-22)27-19-24-15-10-16-26(24)18-20(25)17-24/h4-9,11-14,20H,10,15-19H2,1-3H3/t20-,24+/m0/s1. The Morgan fingerprint density at radius 1 is 1.04 bits per heavy atom. The maximum atomic E-state index is 14.3. The summed E-state index contributed by atoms with van der Waals surface area (Å²) in [6, 6.07) is 21.5. The van der Waals surface area contributed by atoms with Gasteiger partial charge >= 0.3 is 0 Å². The van der Waals surface area contributed by atoms with E-state index in [0.29, 0.717) is 19.6 Å². The highest BCUT2D eigenvalue weighted by atomic mass is 28.4. The van der Waals surface area contributed by atoms with Gasteiger partial charge in [-0.15, -0.1) is 0 Å². The molecule has 0 aromatic heterocycles. The number of hydrogen-bond acceptors (Lipinski definition) is 2. The predicted molar refractivity (Wildman–Crippen MR) is 117 cm³/mol. The minimum Gasteiger partial charge on any atom is -0.406 e. The molecule has 2 nitrogen and oxygen atoms in total. The van der Waals surface area contributed by atoms with Crippen molar-refractivity contribution < 1.29 is 8.82 Å². The Hall–Kier alpha value is -1.49. The van der Waals surface area contributed by atoms with Crippen molar-refractivity contribution in [1.29, 1.82) is 0 Å². The summed E-state index contributed by atoms with van der Waals surface area (Å²) in [4.78, 5) is 2.36. The highest BCUT2D eigenvalue weighted by Crippen LogP contribution is 2.43. The van der Waals surface area contributed by atoms with Gasteiger partial charge in [0.1, 0.15) is 6.17 Å². The van der Waals surface area contributed by atoms with E-state index in [1.165, 1.54) is 10.4 Å². The van der Waals surface area contributed by atoms with Crippen molar-refractivity contribution in [3.05, 3.63) is 60.7 Å². The van der Waals surface area contributed by atoms with Crippen LogP contribution in [-0.2, 0) is 4.43 Å². The van der Waals surface area contributed by atoms with Gasteiger partial charge in [0.15, 0.2) is 0 Å². The Kier molecular flexibility index (Phi) is 5.23. The first kappa shape index (κ1) is 19.8. The predicted octanol–water partition coefficient (Wildman–Crippen LogP) is 4.14. The highest BCUT2D eigenvalue weighted by Gasteiger charge is 2.54. The Morgan fingerprint density at radius 3 is 2.14 bits per heavy atom. The Morgan fingerprint density at radius 2 is 1.61 bits per heavy atom. The third-order valence-electron chi connectivity index (χ3n) is 6.74. The van der Waals surface area contributed by atoms with Crippen molar-refractivity contribution in [1.82, 2.24) is 4.90 Å². The molecule has 2 heterocycles. The van der Waals surface area contributed by atoms with E-state index in [4.69, 9.17) is 4.43 Å². The average Bonchev–Trinajstić information content (AvgIpc) is 3.18. The second-order valence-electron chi connectivity index (χ2n) is 9.53. The van der Waals surface area contributed by atoms with E-state index >= 15 is 0 Å². The maximum absolute atomic E-state index is 14.3. The number of nitrogens with zero attached hydrogens (tertiary/aromatic N) is 1. The first-order chi connectivity index (χ1) is 13.4. The van der Waals surface area contributed by atoms with Crippen molar-refractivity contribution in [2.45, 2.75) is 56.8 Å². The van der Waals surface area contributed by atoms with E-state index in [1.54, 1.807) is 0 Å². The van der Waals surface area contributed by atoms with Crippen LogP contribution in [0.15, 0.2) is 60.7 Å². The van der Waals surface area contributed by atoms with E-state index in [9.17, 15) is 4.39 Å². The number of hydrogen-bond donors (Lipinski definition) is 0. The zero-order chi connectivity index (χ0) is 19.8. The second kappa shape index (κ2) is 7.40. The molecule has 2 fully saturated rings. The zero-order valence-corrected chi connectivity index (χ0v) is 18.3. The molecule has 0 aliphatic carbocycles. The third-order valence-corrected chi connectivity index (χ3v) is 11.7. The SMILES string of the molecule is CC(C)(C)[Si](OC[C@]12CCCN1C[C@@H](F)C2)(c1ccccc1)c1ccccc1. The third kappa shape index (κ3) is 3.25. The summed E-state index contributed by atoms with van der Waals surface area (Å²) in [6.45, 7) is 9.11. The summed E-state index contributed by atoms with van der Waals surface area (Å²) >= 11 is 0. The molecule has 4 rings (SSSR count). The minimum atomic E-state index is -2.55. The molecule has 0 N–H and O–H groups in total. The highest BCUT2D eigenvalue weighted by molar-refractivity contribution is 6.99. The second-order valence-corrected chi connectivity index (χ2v) is 13.8. The van der Waals surface area contributed by atoms with Gasteiger partial charge in [0.25, 0.3) is 8.32 Å².